The number of hydrogen-bond acceptors (Lipinski definition) is 5. The number of aromatic nitrogens is 2. The van der Waals surface area contributed by atoms with Crippen LogP contribution in [-0.4, -0.2) is 16.2 Å². The number of furan rings is 1. The zero-order valence-electron chi connectivity index (χ0n) is 8.06. The van der Waals surface area contributed by atoms with Crippen molar-refractivity contribution >= 4 is 5.91 Å². The lowest BCUT2D eigenvalue weighted by Gasteiger charge is -1.99. The van der Waals surface area contributed by atoms with Gasteiger partial charge in [0.2, 0.25) is 0 Å². The lowest BCUT2D eigenvalue weighted by Crippen LogP contribution is -2.23. The normalized spacial score (nSPS) is 10.2. The van der Waals surface area contributed by atoms with Gasteiger partial charge in [-0.2, -0.15) is 0 Å². The zero-order chi connectivity index (χ0) is 10.7. The van der Waals surface area contributed by atoms with Crippen molar-refractivity contribution in [3.8, 4) is 0 Å². The van der Waals surface area contributed by atoms with Crippen molar-refractivity contribution in [3.63, 3.8) is 0 Å². The average molecular weight is 207 g/mol. The molecule has 0 bridgehead atoms. The summed E-state index contributed by atoms with van der Waals surface area (Å²) in [4.78, 5) is 11.5. The molecule has 0 fully saturated rings. The van der Waals surface area contributed by atoms with Crippen LogP contribution in [0.5, 0.6) is 0 Å². The van der Waals surface area contributed by atoms with E-state index in [4.69, 9.17) is 4.42 Å². The smallest absolute Gasteiger partial charge is 0.275 e. The van der Waals surface area contributed by atoms with E-state index in [0.29, 0.717) is 18.0 Å². The number of carbonyl (C=O) groups is 1. The molecule has 6 heteroatoms. The predicted molar refractivity (Wildman–Crippen MR) is 48.9 cm³/mol. The van der Waals surface area contributed by atoms with Crippen LogP contribution in [0.1, 0.15) is 21.9 Å². The summed E-state index contributed by atoms with van der Waals surface area (Å²) in [6, 6.07) is 3.53. The van der Waals surface area contributed by atoms with Crippen molar-refractivity contribution in [2.75, 3.05) is 0 Å². The zero-order valence-corrected chi connectivity index (χ0v) is 8.06. The third kappa shape index (κ3) is 2.04. The first-order valence-corrected chi connectivity index (χ1v) is 4.37. The lowest BCUT2D eigenvalue weighted by molar-refractivity contribution is 0.0937. The number of rotatable bonds is 3. The van der Waals surface area contributed by atoms with Gasteiger partial charge in [0, 0.05) is 0 Å². The summed E-state index contributed by atoms with van der Waals surface area (Å²) in [7, 11) is 0. The first-order chi connectivity index (χ1) is 7.27. The molecule has 2 aromatic heterocycles. The van der Waals surface area contributed by atoms with Crippen molar-refractivity contribution in [3.05, 3.63) is 35.5 Å². The fourth-order valence-corrected chi connectivity index (χ4v) is 1.10. The van der Waals surface area contributed by atoms with Gasteiger partial charge in [0.05, 0.1) is 12.8 Å². The number of nitrogens with zero attached hydrogens (tertiary/aromatic N) is 2. The van der Waals surface area contributed by atoms with Gasteiger partial charge in [-0.1, -0.05) is 5.16 Å². The molecule has 0 saturated heterocycles. The highest BCUT2D eigenvalue weighted by molar-refractivity contribution is 5.92. The molecule has 2 rings (SSSR count). The molecule has 0 aliphatic rings. The van der Waals surface area contributed by atoms with Gasteiger partial charge < -0.3 is 9.73 Å². The minimum atomic E-state index is -0.329. The second-order valence-corrected chi connectivity index (χ2v) is 2.96. The molecule has 0 radical (unpaired) electrons. The van der Waals surface area contributed by atoms with Crippen LogP contribution in [0.25, 0.3) is 0 Å². The molecule has 0 aliphatic heterocycles. The number of hydrogen-bond donors (Lipinski definition) is 1. The molecule has 15 heavy (non-hydrogen) atoms. The van der Waals surface area contributed by atoms with Crippen molar-refractivity contribution in [1.82, 2.24) is 15.6 Å². The van der Waals surface area contributed by atoms with Crippen molar-refractivity contribution < 1.29 is 13.8 Å². The van der Waals surface area contributed by atoms with Gasteiger partial charge >= 0.3 is 0 Å². The Morgan fingerprint density at radius 2 is 2.40 bits per heavy atom. The van der Waals surface area contributed by atoms with Crippen LogP contribution in [0.2, 0.25) is 0 Å². The van der Waals surface area contributed by atoms with Gasteiger partial charge in [-0.3, -0.25) is 4.79 Å². The van der Waals surface area contributed by atoms with Crippen LogP contribution in [0.3, 0.4) is 0 Å². The Morgan fingerprint density at radius 1 is 1.53 bits per heavy atom. The molecule has 0 unspecified atom stereocenters. The van der Waals surface area contributed by atoms with Gasteiger partial charge in [-0.05, 0) is 24.2 Å². The summed E-state index contributed by atoms with van der Waals surface area (Å²) in [5, 5.41) is 9.63. The van der Waals surface area contributed by atoms with E-state index in [0.717, 1.165) is 0 Å². The molecule has 0 atom stereocenters. The van der Waals surface area contributed by atoms with Crippen LogP contribution in [0, 0.1) is 6.92 Å². The minimum Gasteiger partial charge on any atom is -0.467 e. The first-order valence-electron chi connectivity index (χ1n) is 4.37. The number of amides is 1. The monoisotopic (exact) mass is 207 g/mol. The maximum atomic E-state index is 11.5. The number of carbonyl (C=O) groups excluding carboxylic acids is 1. The van der Waals surface area contributed by atoms with E-state index in [2.05, 4.69) is 20.3 Å². The molecular weight excluding hydrogens is 198 g/mol. The molecule has 78 valence electrons. The highest BCUT2D eigenvalue weighted by atomic mass is 16.6. The van der Waals surface area contributed by atoms with Crippen LogP contribution in [0.15, 0.2) is 27.4 Å². The molecule has 0 saturated carbocycles. The maximum Gasteiger partial charge on any atom is 0.275 e. The van der Waals surface area contributed by atoms with Crippen LogP contribution < -0.4 is 5.32 Å². The second-order valence-electron chi connectivity index (χ2n) is 2.96. The molecule has 1 N–H and O–H groups in total. The van der Waals surface area contributed by atoms with Crippen molar-refractivity contribution in [1.29, 1.82) is 0 Å². The maximum absolute atomic E-state index is 11.5. The second kappa shape index (κ2) is 3.95. The van der Waals surface area contributed by atoms with Gasteiger partial charge in [0.25, 0.3) is 5.91 Å². The Kier molecular flexibility index (Phi) is 2.49. The molecule has 6 nitrogen and oxygen atoms in total. The molecule has 0 spiro atoms. The largest absolute Gasteiger partial charge is 0.467 e. The third-order valence-electron chi connectivity index (χ3n) is 1.87. The van der Waals surface area contributed by atoms with E-state index in [9.17, 15) is 4.79 Å². The van der Waals surface area contributed by atoms with E-state index in [1.807, 2.05) is 0 Å². The predicted octanol–water partition coefficient (Wildman–Crippen LogP) is 0.901. The Labute approximate surface area is 85.2 Å². The number of nitrogens with one attached hydrogen (secondary N) is 1. The van der Waals surface area contributed by atoms with Crippen LogP contribution in [-0.2, 0) is 6.54 Å². The van der Waals surface area contributed by atoms with Gasteiger partial charge in [-0.15, -0.1) is 0 Å². The van der Waals surface area contributed by atoms with Crippen molar-refractivity contribution in [2.45, 2.75) is 13.5 Å². The minimum absolute atomic E-state index is 0.196. The summed E-state index contributed by atoms with van der Waals surface area (Å²) >= 11 is 0. The Balaban J connectivity index is 1.96. The molecule has 2 heterocycles. The first kappa shape index (κ1) is 9.45. The summed E-state index contributed by atoms with van der Waals surface area (Å²) in [5.41, 5.74) is 0.661. The van der Waals surface area contributed by atoms with Gasteiger partial charge in [-0.25, -0.2) is 4.63 Å². The number of aryl methyl sites for hydroxylation is 1. The SMILES string of the molecule is Cc1nonc1C(=O)NCc1ccco1. The van der Waals surface area contributed by atoms with E-state index in [-0.39, 0.29) is 11.6 Å². The van der Waals surface area contributed by atoms with E-state index < -0.39 is 0 Å². The lowest BCUT2D eigenvalue weighted by atomic mass is 10.3. The van der Waals surface area contributed by atoms with E-state index in [1.54, 1.807) is 25.3 Å². The highest BCUT2D eigenvalue weighted by Crippen LogP contribution is 2.02. The molecular formula is C9H9N3O3. The Bertz CT molecular complexity index is 447. The molecule has 2 aromatic rings. The summed E-state index contributed by atoms with van der Waals surface area (Å²) in [6.45, 7) is 1.97. The highest BCUT2D eigenvalue weighted by Gasteiger charge is 2.14. The summed E-state index contributed by atoms with van der Waals surface area (Å²) in [6.07, 6.45) is 1.55. The molecule has 1 amide bonds. The van der Waals surface area contributed by atoms with Crippen molar-refractivity contribution in [2.24, 2.45) is 0 Å². The van der Waals surface area contributed by atoms with E-state index >= 15 is 0 Å². The summed E-state index contributed by atoms with van der Waals surface area (Å²) in [5.74, 6) is 0.350. The van der Waals surface area contributed by atoms with E-state index in [1.165, 1.54) is 0 Å². The fourth-order valence-electron chi connectivity index (χ4n) is 1.10. The van der Waals surface area contributed by atoms with Crippen LogP contribution >= 0.6 is 0 Å². The standard InChI is InChI=1S/C9H9N3O3/c1-6-8(12-15-11-6)9(13)10-5-7-3-2-4-14-7/h2-4H,5H2,1H3,(H,10,13). The Morgan fingerprint density at radius 3 is 3.00 bits per heavy atom. The molecule has 0 aliphatic carbocycles. The molecule has 0 aromatic carbocycles. The summed E-state index contributed by atoms with van der Waals surface area (Å²) < 4.78 is 9.48. The average Bonchev–Trinajstić information content (AvgIpc) is 2.84. The Hall–Kier alpha value is -2.11. The third-order valence-corrected chi connectivity index (χ3v) is 1.87. The van der Waals surface area contributed by atoms with Crippen LogP contribution in [0.4, 0.5) is 0 Å². The quantitative estimate of drug-likeness (QED) is 0.808. The topological polar surface area (TPSA) is 81.2 Å². The van der Waals surface area contributed by atoms with Gasteiger partial charge in [0.15, 0.2) is 5.69 Å². The van der Waals surface area contributed by atoms with Gasteiger partial charge in [0.1, 0.15) is 11.5 Å². The fraction of sp³-hybridized carbons (Fsp3) is 0.222.